The van der Waals surface area contributed by atoms with Gasteiger partial charge < -0.3 is 14.8 Å². The zero-order valence-electron chi connectivity index (χ0n) is 17.4. The maximum Gasteiger partial charge on any atom is 0.262 e. The Bertz CT molecular complexity index is 1130. The molecule has 0 bridgehead atoms. The van der Waals surface area contributed by atoms with Crippen molar-refractivity contribution in [3.8, 4) is 11.5 Å². The molecule has 0 saturated carbocycles. The average molecular weight is 502 g/mol. The largest absolute Gasteiger partial charge is 0.493 e. The van der Waals surface area contributed by atoms with E-state index in [1.165, 1.54) is 0 Å². The Hall–Kier alpha value is -2.83. The van der Waals surface area contributed by atoms with E-state index in [0.717, 1.165) is 28.1 Å². The van der Waals surface area contributed by atoms with Gasteiger partial charge in [-0.25, -0.2) is 0 Å². The predicted molar refractivity (Wildman–Crippen MR) is 129 cm³/mol. The van der Waals surface area contributed by atoms with Gasteiger partial charge in [-0.15, -0.1) is 0 Å². The number of halogens is 2. The second-order valence-electron chi connectivity index (χ2n) is 6.93. The Morgan fingerprint density at radius 1 is 1.16 bits per heavy atom. The molecule has 0 saturated heterocycles. The molecule has 3 rings (SSSR count). The molecular weight excluding hydrogens is 480 g/mol. The topological polar surface area (TPSA) is 59.9 Å². The number of carbonyl (C=O) groups is 1. The lowest BCUT2D eigenvalue weighted by Crippen LogP contribution is -2.20. The zero-order valence-corrected chi connectivity index (χ0v) is 19.8. The lowest BCUT2D eigenvalue weighted by Gasteiger charge is -2.13. The number of benzene rings is 3. The summed E-state index contributed by atoms with van der Waals surface area (Å²) >= 11 is 9.65. The van der Waals surface area contributed by atoms with Gasteiger partial charge in [0, 0.05) is 16.9 Å². The number of nitrogens with zero attached hydrogens (tertiary/aromatic N) is 1. The van der Waals surface area contributed by atoms with E-state index < -0.39 is 0 Å². The van der Waals surface area contributed by atoms with Crippen LogP contribution in [0.1, 0.15) is 16.7 Å². The van der Waals surface area contributed by atoms with E-state index in [2.05, 4.69) is 26.2 Å². The summed E-state index contributed by atoms with van der Waals surface area (Å²) in [5, 5.41) is 3.48. The molecule has 0 spiro atoms. The molecule has 160 valence electrons. The highest BCUT2D eigenvalue weighted by Gasteiger charge is 2.13. The standard InChI is InChI=1S/C24H22BrClN2O3/c1-15-5-4-6-19(9-15)28-23(29)14-31-24-20(25)10-17(11-22(24)30-3)13-27-18-8-7-16(2)21(26)12-18/h4-13H,14H2,1-3H3,(H,28,29). The molecule has 0 atom stereocenters. The van der Waals surface area contributed by atoms with Crippen molar-refractivity contribution in [1.29, 1.82) is 0 Å². The number of amides is 1. The minimum Gasteiger partial charge on any atom is -0.493 e. The highest BCUT2D eigenvalue weighted by atomic mass is 79.9. The number of anilines is 1. The van der Waals surface area contributed by atoms with Crippen LogP contribution < -0.4 is 14.8 Å². The molecule has 0 radical (unpaired) electrons. The second kappa shape index (κ2) is 10.5. The van der Waals surface area contributed by atoms with Crippen LogP contribution in [0.4, 0.5) is 11.4 Å². The van der Waals surface area contributed by atoms with Crippen LogP contribution in [-0.2, 0) is 4.79 Å². The number of nitrogens with one attached hydrogen (secondary N) is 1. The average Bonchev–Trinajstić information content (AvgIpc) is 2.73. The van der Waals surface area contributed by atoms with Crippen LogP contribution >= 0.6 is 27.5 Å². The smallest absolute Gasteiger partial charge is 0.262 e. The van der Waals surface area contributed by atoms with Crippen LogP contribution in [0, 0.1) is 13.8 Å². The Balaban J connectivity index is 1.70. The fraction of sp³-hybridized carbons (Fsp3) is 0.167. The number of hydrogen-bond acceptors (Lipinski definition) is 4. The number of carbonyl (C=O) groups excluding carboxylic acids is 1. The Labute approximate surface area is 195 Å². The molecule has 3 aromatic carbocycles. The van der Waals surface area contributed by atoms with Crippen molar-refractivity contribution in [1.82, 2.24) is 0 Å². The molecule has 0 heterocycles. The number of aliphatic imine (C=N–C) groups is 1. The Kier molecular flexibility index (Phi) is 7.71. The van der Waals surface area contributed by atoms with Crippen LogP contribution in [0.25, 0.3) is 0 Å². The molecule has 0 aliphatic rings. The first-order chi connectivity index (χ1) is 14.9. The van der Waals surface area contributed by atoms with Crippen LogP contribution in [0.2, 0.25) is 5.02 Å². The molecule has 0 aliphatic heterocycles. The number of rotatable bonds is 7. The van der Waals surface area contributed by atoms with Crippen LogP contribution in [0.5, 0.6) is 11.5 Å². The molecular formula is C24H22BrClN2O3. The van der Waals surface area contributed by atoms with Gasteiger partial charge in [-0.3, -0.25) is 9.79 Å². The Morgan fingerprint density at radius 3 is 2.68 bits per heavy atom. The minimum atomic E-state index is -0.263. The van der Waals surface area contributed by atoms with Crippen molar-refractivity contribution in [2.75, 3.05) is 19.0 Å². The quantitative estimate of drug-likeness (QED) is 0.376. The normalized spacial score (nSPS) is 10.9. The lowest BCUT2D eigenvalue weighted by atomic mass is 10.2. The molecule has 0 aliphatic carbocycles. The van der Waals surface area contributed by atoms with Crippen molar-refractivity contribution in [2.24, 2.45) is 4.99 Å². The van der Waals surface area contributed by atoms with Crippen LogP contribution in [0.3, 0.4) is 0 Å². The third kappa shape index (κ3) is 6.32. The summed E-state index contributed by atoms with van der Waals surface area (Å²) in [7, 11) is 1.54. The van der Waals surface area contributed by atoms with Gasteiger partial charge in [0.2, 0.25) is 0 Å². The molecule has 5 nitrogen and oxygen atoms in total. The zero-order chi connectivity index (χ0) is 22.4. The van der Waals surface area contributed by atoms with E-state index in [9.17, 15) is 4.79 Å². The van der Waals surface area contributed by atoms with E-state index in [0.29, 0.717) is 21.0 Å². The summed E-state index contributed by atoms with van der Waals surface area (Å²) in [6.45, 7) is 3.75. The second-order valence-corrected chi connectivity index (χ2v) is 8.19. The molecule has 0 fully saturated rings. The first kappa shape index (κ1) is 22.8. The molecule has 31 heavy (non-hydrogen) atoms. The predicted octanol–water partition coefficient (Wildman–Crippen LogP) is 6.50. The van der Waals surface area contributed by atoms with Gasteiger partial charge in [0.15, 0.2) is 18.1 Å². The first-order valence-corrected chi connectivity index (χ1v) is 10.7. The van der Waals surface area contributed by atoms with Crippen molar-refractivity contribution >= 4 is 51.0 Å². The maximum absolute atomic E-state index is 12.3. The number of methoxy groups -OCH3 is 1. The van der Waals surface area contributed by atoms with Gasteiger partial charge in [0.05, 0.1) is 17.3 Å². The van der Waals surface area contributed by atoms with Crippen molar-refractivity contribution < 1.29 is 14.3 Å². The van der Waals surface area contributed by atoms with Gasteiger partial charge >= 0.3 is 0 Å². The summed E-state index contributed by atoms with van der Waals surface area (Å²) in [4.78, 5) is 16.7. The highest BCUT2D eigenvalue weighted by Crippen LogP contribution is 2.36. The van der Waals surface area contributed by atoms with E-state index >= 15 is 0 Å². The summed E-state index contributed by atoms with van der Waals surface area (Å²) in [6.07, 6.45) is 1.71. The van der Waals surface area contributed by atoms with Crippen LogP contribution in [0.15, 0.2) is 64.1 Å². The summed E-state index contributed by atoms with van der Waals surface area (Å²) in [6, 6.07) is 16.8. The van der Waals surface area contributed by atoms with E-state index in [-0.39, 0.29) is 12.5 Å². The van der Waals surface area contributed by atoms with Crippen molar-refractivity contribution in [2.45, 2.75) is 13.8 Å². The third-order valence-corrected chi connectivity index (χ3v) is 5.42. The van der Waals surface area contributed by atoms with E-state index in [1.54, 1.807) is 19.4 Å². The molecule has 3 aromatic rings. The number of ether oxygens (including phenoxy) is 2. The molecule has 0 aromatic heterocycles. The van der Waals surface area contributed by atoms with E-state index in [1.807, 2.05) is 62.4 Å². The van der Waals surface area contributed by atoms with Gasteiger partial charge in [-0.1, -0.05) is 29.8 Å². The summed E-state index contributed by atoms with van der Waals surface area (Å²) in [5.74, 6) is 0.667. The van der Waals surface area contributed by atoms with Crippen LogP contribution in [-0.4, -0.2) is 25.8 Å². The van der Waals surface area contributed by atoms with Gasteiger partial charge in [-0.2, -0.15) is 0 Å². The third-order valence-electron chi connectivity index (χ3n) is 4.42. The molecule has 7 heteroatoms. The minimum absolute atomic E-state index is 0.155. The maximum atomic E-state index is 12.3. The molecule has 1 amide bonds. The SMILES string of the molecule is COc1cc(C=Nc2ccc(C)c(Cl)c2)cc(Br)c1OCC(=O)Nc1cccc(C)c1. The van der Waals surface area contributed by atoms with Crippen molar-refractivity contribution in [3.05, 3.63) is 80.8 Å². The van der Waals surface area contributed by atoms with Gasteiger partial charge in [-0.05, 0) is 82.9 Å². The summed E-state index contributed by atoms with van der Waals surface area (Å²) in [5.41, 5.74) is 4.34. The fourth-order valence-corrected chi connectivity index (χ4v) is 3.57. The first-order valence-electron chi connectivity index (χ1n) is 9.53. The lowest BCUT2D eigenvalue weighted by molar-refractivity contribution is -0.118. The van der Waals surface area contributed by atoms with Crippen molar-refractivity contribution in [3.63, 3.8) is 0 Å². The van der Waals surface area contributed by atoms with Gasteiger partial charge in [0.1, 0.15) is 0 Å². The molecule has 1 N–H and O–H groups in total. The highest BCUT2D eigenvalue weighted by molar-refractivity contribution is 9.10. The fourth-order valence-electron chi connectivity index (χ4n) is 2.82. The monoisotopic (exact) mass is 500 g/mol. The molecule has 0 unspecified atom stereocenters. The summed E-state index contributed by atoms with van der Waals surface area (Å²) < 4.78 is 11.8. The van der Waals surface area contributed by atoms with E-state index in [4.69, 9.17) is 21.1 Å². The van der Waals surface area contributed by atoms with Gasteiger partial charge in [0.25, 0.3) is 5.91 Å². The Morgan fingerprint density at radius 2 is 1.97 bits per heavy atom. The number of hydrogen-bond donors (Lipinski definition) is 1. The number of aryl methyl sites for hydroxylation is 2.